The molecule has 1 atom stereocenters. The minimum Gasteiger partial charge on any atom is -0.479 e. The maximum atomic E-state index is 12.7. The summed E-state index contributed by atoms with van der Waals surface area (Å²) in [5.41, 5.74) is 6.52. The molecule has 0 spiro atoms. The van der Waals surface area contributed by atoms with Crippen LogP contribution in [0.1, 0.15) is 49.6 Å². The molecule has 2 fully saturated rings. The van der Waals surface area contributed by atoms with Gasteiger partial charge in [-0.1, -0.05) is 23.7 Å². The molecule has 3 aromatic carbocycles. The van der Waals surface area contributed by atoms with Crippen LogP contribution in [0.2, 0.25) is 5.02 Å². The Labute approximate surface area is 265 Å². The lowest BCUT2D eigenvalue weighted by molar-refractivity contribution is -0.160. The molecule has 2 saturated heterocycles. The number of carboxylic acids is 1. The zero-order chi connectivity index (χ0) is 30.9. The number of carbonyl (C=O) groups is 1. The van der Waals surface area contributed by atoms with Crippen molar-refractivity contribution in [3.05, 3.63) is 70.4 Å². The van der Waals surface area contributed by atoms with Gasteiger partial charge in [0.25, 0.3) is 0 Å². The second-order valence-electron chi connectivity index (χ2n) is 12.9. The maximum Gasteiger partial charge on any atom is 0.337 e. The van der Waals surface area contributed by atoms with Crippen LogP contribution in [0, 0.1) is 6.92 Å². The van der Waals surface area contributed by atoms with Gasteiger partial charge in [-0.2, -0.15) is 5.10 Å². The standard InChI is InChI=1S/C34H35ClN4O4S/c1-18-12-25-31(28(19-6-9-22(35)10-7-19)27(18)30(33(40)41)43-34(2,3)4)44-32(36-25)20-8-11-26-24(13-20)29(37-38(26)5)21-14-39(15-21)23-16-42-17-23/h6-13,21,23,30H,14-17H2,1-5H3,(H,40,41). The molecule has 2 aliphatic heterocycles. The summed E-state index contributed by atoms with van der Waals surface area (Å²) in [4.78, 5) is 20.3. The number of likely N-dealkylation sites (tertiary alicyclic amines) is 1. The highest BCUT2D eigenvalue weighted by Crippen LogP contribution is 2.45. The van der Waals surface area contributed by atoms with Crippen LogP contribution in [0.15, 0.2) is 48.5 Å². The SMILES string of the molecule is Cc1cc2nc(-c3ccc4c(c3)c(C3CN(C5COC5)C3)nn4C)sc2c(-c2ccc(Cl)cc2)c1C(OC(C)(C)C)C(=O)O. The normalized spacial score (nSPS) is 17.2. The molecule has 0 saturated carbocycles. The summed E-state index contributed by atoms with van der Waals surface area (Å²) in [5, 5.41) is 17.9. The Kier molecular flexibility index (Phi) is 7.29. The molecular weight excluding hydrogens is 596 g/mol. The number of aryl methyl sites for hydroxylation is 2. The van der Waals surface area contributed by atoms with E-state index in [0.29, 0.717) is 22.5 Å². The van der Waals surface area contributed by atoms with Crippen LogP contribution < -0.4 is 0 Å². The van der Waals surface area contributed by atoms with Gasteiger partial charge in [0.15, 0.2) is 6.10 Å². The summed E-state index contributed by atoms with van der Waals surface area (Å²) >= 11 is 7.83. The second-order valence-corrected chi connectivity index (χ2v) is 14.3. The highest BCUT2D eigenvalue weighted by Gasteiger charge is 2.38. The fourth-order valence-corrected chi connectivity index (χ4v) is 7.55. The number of aliphatic carboxylic acids is 1. The van der Waals surface area contributed by atoms with Crippen LogP contribution in [0.3, 0.4) is 0 Å². The summed E-state index contributed by atoms with van der Waals surface area (Å²) in [5.74, 6) is -0.640. The second kappa shape index (κ2) is 10.9. The number of hydrogen-bond acceptors (Lipinski definition) is 7. The number of nitrogens with zero attached hydrogens (tertiary/aromatic N) is 4. The Morgan fingerprint density at radius 2 is 1.82 bits per heavy atom. The molecule has 2 aromatic heterocycles. The molecular formula is C34H35ClN4O4S. The minimum absolute atomic E-state index is 0.391. The van der Waals surface area contributed by atoms with Crippen molar-refractivity contribution in [2.75, 3.05) is 26.3 Å². The first-order chi connectivity index (χ1) is 21.0. The van der Waals surface area contributed by atoms with E-state index in [2.05, 4.69) is 23.1 Å². The zero-order valence-corrected chi connectivity index (χ0v) is 27.0. The van der Waals surface area contributed by atoms with Gasteiger partial charge < -0.3 is 14.6 Å². The number of halogens is 1. The summed E-state index contributed by atoms with van der Waals surface area (Å²) in [6, 6.07) is 16.5. The van der Waals surface area contributed by atoms with Crippen molar-refractivity contribution >= 4 is 50.0 Å². The number of rotatable bonds is 7. The third-order valence-corrected chi connectivity index (χ3v) is 9.97. The average molecular weight is 631 g/mol. The maximum absolute atomic E-state index is 12.7. The number of thiazole rings is 1. The highest BCUT2D eigenvalue weighted by molar-refractivity contribution is 7.22. The van der Waals surface area contributed by atoms with Crippen molar-refractivity contribution in [1.82, 2.24) is 19.7 Å². The van der Waals surface area contributed by atoms with E-state index in [1.165, 1.54) is 0 Å². The Morgan fingerprint density at radius 3 is 2.45 bits per heavy atom. The molecule has 5 aromatic rings. The molecule has 7 rings (SSSR count). The van der Waals surface area contributed by atoms with Gasteiger partial charge in [0.1, 0.15) is 5.01 Å². The van der Waals surface area contributed by atoms with E-state index in [-0.39, 0.29) is 0 Å². The molecule has 10 heteroatoms. The van der Waals surface area contributed by atoms with E-state index in [1.54, 1.807) is 11.3 Å². The largest absolute Gasteiger partial charge is 0.479 e. The molecule has 2 aliphatic rings. The molecule has 0 radical (unpaired) electrons. The van der Waals surface area contributed by atoms with Gasteiger partial charge >= 0.3 is 5.97 Å². The van der Waals surface area contributed by atoms with Crippen molar-refractivity contribution in [2.45, 2.75) is 51.4 Å². The Hall–Kier alpha value is -3.34. The van der Waals surface area contributed by atoms with Crippen LogP contribution in [0.5, 0.6) is 0 Å². The molecule has 0 aliphatic carbocycles. The smallest absolute Gasteiger partial charge is 0.337 e. The third kappa shape index (κ3) is 5.20. The minimum atomic E-state index is -1.15. The predicted octanol–water partition coefficient (Wildman–Crippen LogP) is 7.22. The summed E-state index contributed by atoms with van der Waals surface area (Å²) in [6.45, 7) is 11.2. The number of hydrogen-bond donors (Lipinski definition) is 1. The fraction of sp³-hybridized carbons (Fsp3) is 0.382. The molecule has 0 bridgehead atoms. The Balaban J connectivity index is 1.35. The fourth-order valence-electron chi connectivity index (χ4n) is 6.31. The van der Waals surface area contributed by atoms with Crippen LogP contribution in [0.25, 0.3) is 42.8 Å². The van der Waals surface area contributed by atoms with Crippen LogP contribution in [-0.2, 0) is 21.3 Å². The van der Waals surface area contributed by atoms with Gasteiger partial charge in [-0.15, -0.1) is 11.3 Å². The van der Waals surface area contributed by atoms with Crippen molar-refractivity contribution in [3.8, 4) is 21.7 Å². The van der Waals surface area contributed by atoms with E-state index >= 15 is 0 Å². The van der Waals surface area contributed by atoms with Crippen LogP contribution in [0.4, 0.5) is 0 Å². The number of ether oxygens (including phenoxy) is 2. The van der Waals surface area contributed by atoms with E-state index in [9.17, 15) is 9.90 Å². The molecule has 1 unspecified atom stereocenters. The molecule has 1 N–H and O–H groups in total. The zero-order valence-electron chi connectivity index (χ0n) is 25.4. The lowest BCUT2D eigenvalue weighted by Gasteiger charge is -2.47. The number of aromatic nitrogens is 3. The number of benzene rings is 3. The van der Waals surface area contributed by atoms with Gasteiger partial charge in [0.05, 0.1) is 46.3 Å². The van der Waals surface area contributed by atoms with Gasteiger partial charge in [-0.25, -0.2) is 9.78 Å². The average Bonchev–Trinajstić information content (AvgIpc) is 3.48. The number of carboxylic acid groups (broad SMARTS) is 1. The van der Waals surface area contributed by atoms with Gasteiger partial charge in [-0.3, -0.25) is 9.58 Å². The lowest BCUT2D eigenvalue weighted by atomic mass is 9.91. The first-order valence-electron chi connectivity index (χ1n) is 14.9. The van der Waals surface area contributed by atoms with Crippen molar-refractivity contribution in [1.29, 1.82) is 0 Å². The first-order valence-corrected chi connectivity index (χ1v) is 16.1. The van der Waals surface area contributed by atoms with E-state index in [4.69, 9.17) is 31.2 Å². The monoisotopic (exact) mass is 630 g/mol. The van der Waals surface area contributed by atoms with Gasteiger partial charge in [-0.05, 0) is 75.2 Å². The quantitative estimate of drug-likeness (QED) is 0.203. The van der Waals surface area contributed by atoms with Crippen LogP contribution >= 0.6 is 22.9 Å². The Bertz CT molecular complexity index is 1900. The van der Waals surface area contributed by atoms with Crippen molar-refractivity contribution in [3.63, 3.8) is 0 Å². The molecule has 228 valence electrons. The highest BCUT2D eigenvalue weighted by atomic mass is 35.5. The lowest BCUT2D eigenvalue weighted by Crippen LogP contribution is -2.58. The number of fused-ring (bicyclic) bond motifs is 2. The van der Waals surface area contributed by atoms with Crippen molar-refractivity contribution in [2.24, 2.45) is 7.05 Å². The van der Waals surface area contributed by atoms with Gasteiger partial charge in [0.2, 0.25) is 0 Å². The molecule has 0 amide bonds. The van der Waals surface area contributed by atoms with Gasteiger partial charge in [0, 0.05) is 53.2 Å². The molecule has 4 heterocycles. The summed E-state index contributed by atoms with van der Waals surface area (Å²) < 4.78 is 14.4. The Morgan fingerprint density at radius 1 is 1.11 bits per heavy atom. The van der Waals surface area contributed by atoms with Crippen LogP contribution in [-0.4, -0.2) is 68.7 Å². The van der Waals surface area contributed by atoms with E-state index in [0.717, 1.165) is 80.4 Å². The van der Waals surface area contributed by atoms with E-state index in [1.807, 2.05) is 69.8 Å². The summed E-state index contributed by atoms with van der Waals surface area (Å²) in [6.07, 6.45) is -1.15. The topological polar surface area (TPSA) is 89.7 Å². The third-order valence-electron chi connectivity index (χ3n) is 8.58. The predicted molar refractivity (Wildman–Crippen MR) is 175 cm³/mol. The first kappa shape index (κ1) is 29.4. The van der Waals surface area contributed by atoms with Crippen molar-refractivity contribution < 1.29 is 19.4 Å². The van der Waals surface area contributed by atoms with E-state index < -0.39 is 17.7 Å². The molecule has 8 nitrogen and oxygen atoms in total. The summed E-state index contributed by atoms with van der Waals surface area (Å²) in [7, 11) is 2.00. The molecule has 44 heavy (non-hydrogen) atoms.